The number of carbonyl (C=O) groups excluding carboxylic acids is 1. The monoisotopic (exact) mass is 354 g/mol. The summed E-state index contributed by atoms with van der Waals surface area (Å²) < 4.78 is 0. The van der Waals surface area contributed by atoms with Gasteiger partial charge in [0, 0.05) is 18.7 Å². The van der Waals surface area contributed by atoms with Crippen LogP contribution in [0.15, 0.2) is 42.6 Å². The lowest BCUT2D eigenvalue weighted by Gasteiger charge is -2.33. The van der Waals surface area contributed by atoms with Crippen molar-refractivity contribution >= 4 is 11.7 Å². The lowest BCUT2D eigenvalue weighted by atomic mass is 9.93. The van der Waals surface area contributed by atoms with E-state index in [4.69, 9.17) is 0 Å². The van der Waals surface area contributed by atoms with Crippen molar-refractivity contribution in [3.8, 4) is 11.5 Å². The zero-order valence-corrected chi connectivity index (χ0v) is 15.0. The van der Waals surface area contributed by atoms with E-state index >= 15 is 0 Å². The van der Waals surface area contributed by atoms with Crippen LogP contribution in [-0.2, 0) is 11.2 Å². The van der Waals surface area contributed by atoms with Crippen molar-refractivity contribution in [1.82, 2.24) is 4.98 Å². The lowest BCUT2D eigenvalue weighted by Crippen LogP contribution is -2.42. The highest BCUT2D eigenvalue weighted by molar-refractivity contribution is 5.93. The molecule has 1 fully saturated rings. The van der Waals surface area contributed by atoms with Crippen LogP contribution < -0.4 is 4.90 Å². The Labute approximate surface area is 154 Å². The Hall–Kier alpha value is -2.56. The first-order valence-corrected chi connectivity index (χ1v) is 9.39. The molecule has 138 valence electrons. The number of phenols is 2. The van der Waals surface area contributed by atoms with Gasteiger partial charge in [-0.05, 0) is 55.5 Å². The number of benzene rings is 1. The molecule has 2 N–H and O–H groups in total. The van der Waals surface area contributed by atoms with E-state index in [0.717, 1.165) is 37.1 Å². The van der Waals surface area contributed by atoms with Gasteiger partial charge < -0.3 is 10.2 Å². The average molecular weight is 354 g/mol. The highest BCUT2D eigenvalue weighted by Gasteiger charge is 2.27. The summed E-state index contributed by atoms with van der Waals surface area (Å²) in [5.74, 6) is 0.611. The van der Waals surface area contributed by atoms with Gasteiger partial charge in [0.15, 0.2) is 11.5 Å². The largest absolute Gasteiger partial charge is 0.504 e. The lowest BCUT2D eigenvalue weighted by molar-refractivity contribution is -0.119. The minimum absolute atomic E-state index is 0.110. The van der Waals surface area contributed by atoms with Gasteiger partial charge in [0.25, 0.3) is 0 Å². The number of hydrogen-bond acceptors (Lipinski definition) is 4. The molecule has 0 radical (unpaired) electrons. The normalized spacial score (nSPS) is 14.9. The Bertz CT molecular complexity index is 727. The number of aromatic hydroxyl groups is 2. The summed E-state index contributed by atoms with van der Waals surface area (Å²) in [6.45, 7) is 0. The summed E-state index contributed by atoms with van der Waals surface area (Å²) in [5.41, 5.74) is 0.912. The molecule has 0 atom stereocenters. The third-order valence-electron chi connectivity index (χ3n) is 5.00. The minimum atomic E-state index is -0.122. The maximum atomic E-state index is 13.0. The summed E-state index contributed by atoms with van der Waals surface area (Å²) in [4.78, 5) is 19.3. The molecule has 2 aromatic rings. The number of carbonyl (C=O) groups is 1. The molecule has 0 aliphatic heterocycles. The Balaban J connectivity index is 1.64. The van der Waals surface area contributed by atoms with Crippen LogP contribution in [0.2, 0.25) is 0 Å². The molecule has 1 aliphatic carbocycles. The van der Waals surface area contributed by atoms with Gasteiger partial charge in [0.05, 0.1) is 0 Å². The summed E-state index contributed by atoms with van der Waals surface area (Å²) in [5, 5.41) is 19.0. The van der Waals surface area contributed by atoms with Crippen LogP contribution in [0, 0.1) is 0 Å². The van der Waals surface area contributed by atoms with Gasteiger partial charge in [-0.15, -0.1) is 0 Å². The minimum Gasteiger partial charge on any atom is -0.504 e. The number of phenolic OH excluding ortho intramolecular Hbond substituents is 2. The molecule has 0 unspecified atom stereocenters. The molecule has 1 aliphatic rings. The first kappa shape index (κ1) is 18.2. The first-order chi connectivity index (χ1) is 12.6. The Kier molecular flexibility index (Phi) is 6.10. The number of anilines is 1. The number of hydrogen-bond donors (Lipinski definition) is 2. The number of rotatable bonds is 6. The summed E-state index contributed by atoms with van der Waals surface area (Å²) >= 11 is 0. The Morgan fingerprint density at radius 3 is 2.58 bits per heavy atom. The molecule has 1 amide bonds. The number of pyridine rings is 1. The summed E-state index contributed by atoms with van der Waals surface area (Å²) in [6.07, 6.45) is 9.18. The molecule has 1 aromatic carbocycles. The zero-order chi connectivity index (χ0) is 18.4. The quantitative estimate of drug-likeness (QED) is 0.763. The number of nitrogens with zero attached hydrogens (tertiary/aromatic N) is 2. The summed E-state index contributed by atoms with van der Waals surface area (Å²) in [7, 11) is 0. The molecule has 0 bridgehead atoms. The van der Waals surface area contributed by atoms with Gasteiger partial charge >= 0.3 is 0 Å². The second-order valence-electron chi connectivity index (χ2n) is 6.92. The Morgan fingerprint density at radius 2 is 1.88 bits per heavy atom. The predicted octanol–water partition coefficient (Wildman–Crippen LogP) is 4.18. The van der Waals surface area contributed by atoms with E-state index in [0.29, 0.717) is 19.3 Å². The average Bonchev–Trinajstić information content (AvgIpc) is 2.67. The second-order valence-corrected chi connectivity index (χ2v) is 6.92. The van der Waals surface area contributed by atoms with Crippen LogP contribution in [0.25, 0.3) is 0 Å². The molecule has 5 heteroatoms. The van der Waals surface area contributed by atoms with E-state index in [1.165, 1.54) is 12.5 Å². The van der Waals surface area contributed by atoms with E-state index in [9.17, 15) is 15.0 Å². The van der Waals surface area contributed by atoms with Gasteiger partial charge in [0.1, 0.15) is 5.82 Å². The third-order valence-corrected chi connectivity index (χ3v) is 5.00. The fraction of sp³-hybridized carbons (Fsp3) is 0.429. The number of amides is 1. The van der Waals surface area contributed by atoms with Crippen LogP contribution in [0.3, 0.4) is 0 Å². The Morgan fingerprint density at radius 1 is 1.08 bits per heavy atom. The van der Waals surface area contributed by atoms with Crippen LogP contribution >= 0.6 is 0 Å². The van der Waals surface area contributed by atoms with E-state index < -0.39 is 0 Å². The second kappa shape index (κ2) is 8.70. The van der Waals surface area contributed by atoms with Crippen molar-refractivity contribution in [2.24, 2.45) is 0 Å². The maximum Gasteiger partial charge on any atom is 0.228 e. The molecule has 26 heavy (non-hydrogen) atoms. The standard InChI is InChI=1S/C21H26N2O3/c24-18-13-12-16(15-19(18)25)7-6-11-21(26)23(17-8-2-1-3-9-17)20-10-4-5-14-22-20/h4-5,10,12-15,17,24-25H,1-3,6-9,11H2. The molecular weight excluding hydrogens is 328 g/mol. The zero-order valence-electron chi connectivity index (χ0n) is 15.0. The van der Waals surface area contributed by atoms with Crippen molar-refractivity contribution in [2.45, 2.75) is 57.4 Å². The smallest absolute Gasteiger partial charge is 0.228 e. The van der Waals surface area contributed by atoms with Gasteiger partial charge in [-0.1, -0.05) is 31.4 Å². The van der Waals surface area contributed by atoms with E-state index in [1.807, 2.05) is 23.1 Å². The molecule has 3 rings (SSSR count). The maximum absolute atomic E-state index is 13.0. The van der Waals surface area contributed by atoms with Gasteiger partial charge in [-0.2, -0.15) is 0 Å². The molecule has 5 nitrogen and oxygen atoms in total. The summed E-state index contributed by atoms with van der Waals surface area (Å²) in [6, 6.07) is 10.7. The van der Waals surface area contributed by atoms with Crippen LogP contribution in [0.5, 0.6) is 11.5 Å². The molecule has 1 heterocycles. The van der Waals surface area contributed by atoms with Crippen molar-refractivity contribution in [3.05, 3.63) is 48.2 Å². The number of aryl methyl sites for hydroxylation is 1. The predicted molar refractivity (Wildman–Crippen MR) is 101 cm³/mol. The van der Waals surface area contributed by atoms with Crippen LogP contribution in [0.4, 0.5) is 5.82 Å². The van der Waals surface area contributed by atoms with Crippen molar-refractivity contribution in [3.63, 3.8) is 0 Å². The van der Waals surface area contributed by atoms with Gasteiger partial charge in [-0.3, -0.25) is 9.69 Å². The van der Waals surface area contributed by atoms with Gasteiger partial charge in [-0.25, -0.2) is 4.98 Å². The SMILES string of the molecule is O=C(CCCc1ccc(O)c(O)c1)N(c1ccccn1)C1CCCCC1. The fourth-order valence-electron chi connectivity index (χ4n) is 3.64. The van der Waals surface area contributed by atoms with Crippen molar-refractivity contribution in [2.75, 3.05) is 4.90 Å². The van der Waals surface area contributed by atoms with Gasteiger partial charge in [0.2, 0.25) is 5.91 Å². The fourth-order valence-corrected chi connectivity index (χ4v) is 3.64. The van der Waals surface area contributed by atoms with E-state index in [-0.39, 0.29) is 23.4 Å². The van der Waals surface area contributed by atoms with Crippen LogP contribution in [-0.4, -0.2) is 27.1 Å². The first-order valence-electron chi connectivity index (χ1n) is 9.39. The molecule has 0 spiro atoms. The molecular formula is C21H26N2O3. The third kappa shape index (κ3) is 4.54. The molecule has 0 saturated heterocycles. The highest BCUT2D eigenvalue weighted by atomic mass is 16.3. The van der Waals surface area contributed by atoms with Crippen molar-refractivity contribution in [1.29, 1.82) is 0 Å². The van der Waals surface area contributed by atoms with E-state index in [1.54, 1.807) is 18.3 Å². The topological polar surface area (TPSA) is 73.7 Å². The van der Waals surface area contributed by atoms with E-state index in [2.05, 4.69) is 4.98 Å². The highest BCUT2D eigenvalue weighted by Crippen LogP contribution is 2.28. The molecule has 1 aromatic heterocycles. The number of aromatic nitrogens is 1. The van der Waals surface area contributed by atoms with Crippen LogP contribution in [0.1, 0.15) is 50.5 Å². The van der Waals surface area contributed by atoms with Crippen molar-refractivity contribution < 1.29 is 15.0 Å². The molecule has 1 saturated carbocycles.